The minimum atomic E-state index is -0.106. The highest BCUT2D eigenvalue weighted by atomic mass is 35.5. The second-order valence-electron chi connectivity index (χ2n) is 7.45. The molecule has 3 heterocycles. The molecule has 7 nitrogen and oxygen atoms in total. The number of oxazole rings is 1. The Kier molecular flexibility index (Phi) is 6.21. The van der Waals surface area contributed by atoms with Crippen molar-refractivity contribution in [3.8, 4) is 17.7 Å². The van der Waals surface area contributed by atoms with Crippen LogP contribution in [0.5, 0.6) is 0 Å². The van der Waals surface area contributed by atoms with E-state index in [1.54, 1.807) is 36.2 Å². The highest BCUT2D eigenvalue weighted by molar-refractivity contribution is 6.35. The first-order valence-electron chi connectivity index (χ1n) is 9.85. The summed E-state index contributed by atoms with van der Waals surface area (Å²) in [6, 6.07) is 10.8. The number of hydrogen-bond donors (Lipinski definition) is 0. The van der Waals surface area contributed by atoms with Gasteiger partial charge in [-0.1, -0.05) is 29.3 Å². The molecule has 0 N–H and O–H groups in total. The van der Waals surface area contributed by atoms with Crippen LogP contribution in [0.25, 0.3) is 11.7 Å². The number of halogens is 2. The predicted octanol–water partition coefficient (Wildman–Crippen LogP) is 4.99. The van der Waals surface area contributed by atoms with Gasteiger partial charge in [0.1, 0.15) is 6.07 Å². The summed E-state index contributed by atoms with van der Waals surface area (Å²) in [6.07, 6.45) is 2.83. The van der Waals surface area contributed by atoms with Gasteiger partial charge in [0.2, 0.25) is 17.5 Å². The van der Waals surface area contributed by atoms with Gasteiger partial charge in [0.05, 0.1) is 6.26 Å². The number of nitriles is 1. The van der Waals surface area contributed by atoms with Crippen molar-refractivity contribution in [3.63, 3.8) is 0 Å². The average molecular weight is 459 g/mol. The SMILES string of the molecule is CN(Cc1ccc(Cl)cc1Cl)C(=O)C1CCN(c2oc(-c3ccco3)nc2C#N)CC1. The third-order valence-corrected chi connectivity index (χ3v) is 5.96. The Labute approximate surface area is 189 Å². The Bertz CT molecular complexity index is 1110. The second kappa shape index (κ2) is 9.04. The van der Waals surface area contributed by atoms with Crippen molar-refractivity contribution in [1.82, 2.24) is 9.88 Å². The number of furan rings is 1. The summed E-state index contributed by atoms with van der Waals surface area (Å²) in [5, 5.41) is 10.6. The molecule has 0 atom stereocenters. The summed E-state index contributed by atoms with van der Waals surface area (Å²) in [5.74, 6) is 1.12. The smallest absolute Gasteiger partial charge is 0.266 e. The molecule has 0 saturated carbocycles. The molecule has 0 unspecified atom stereocenters. The van der Waals surface area contributed by atoms with E-state index in [9.17, 15) is 10.1 Å². The van der Waals surface area contributed by atoms with E-state index < -0.39 is 0 Å². The van der Waals surface area contributed by atoms with Gasteiger partial charge >= 0.3 is 0 Å². The molecule has 3 aromatic rings. The van der Waals surface area contributed by atoms with Gasteiger partial charge in [-0.15, -0.1) is 0 Å². The lowest BCUT2D eigenvalue weighted by molar-refractivity contribution is -0.135. The zero-order chi connectivity index (χ0) is 22.0. The Morgan fingerprint density at radius 2 is 2.10 bits per heavy atom. The maximum absolute atomic E-state index is 12.9. The quantitative estimate of drug-likeness (QED) is 0.535. The van der Waals surface area contributed by atoms with Crippen LogP contribution in [0, 0.1) is 17.2 Å². The number of aromatic nitrogens is 1. The van der Waals surface area contributed by atoms with E-state index in [1.807, 2.05) is 11.0 Å². The minimum Gasteiger partial charge on any atom is -0.459 e. The molecule has 1 aliphatic rings. The van der Waals surface area contributed by atoms with Gasteiger partial charge in [-0.25, -0.2) is 0 Å². The molecular formula is C22H20Cl2N4O3. The molecule has 0 radical (unpaired) electrons. The van der Waals surface area contributed by atoms with Gasteiger partial charge in [0, 0.05) is 42.6 Å². The normalized spacial score (nSPS) is 14.5. The van der Waals surface area contributed by atoms with Crippen molar-refractivity contribution in [3.05, 3.63) is 57.9 Å². The van der Waals surface area contributed by atoms with Crippen LogP contribution >= 0.6 is 23.2 Å². The summed E-state index contributed by atoms with van der Waals surface area (Å²) < 4.78 is 11.1. The lowest BCUT2D eigenvalue weighted by Gasteiger charge is -2.33. The van der Waals surface area contributed by atoms with Crippen LogP contribution in [0.1, 0.15) is 24.1 Å². The van der Waals surface area contributed by atoms with Crippen molar-refractivity contribution >= 4 is 35.0 Å². The summed E-state index contributed by atoms with van der Waals surface area (Å²) >= 11 is 12.2. The number of rotatable bonds is 5. The third kappa shape index (κ3) is 4.55. The van der Waals surface area contributed by atoms with E-state index in [1.165, 1.54) is 6.26 Å². The first-order chi connectivity index (χ1) is 15.0. The molecule has 1 aliphatic heterocycles. The molecule has 1 aromatic carbocycles. The zero-order valence-corrected chi connectivity index (χ0v) is 18.4. The molecule has 1 amide bonds. The molecule has 9 heteroatoms. The van der Waals surface area contributed by atoms with Gasteiger partial charge in [0.25, 0.3) is 5.89 Å². The van der Waals surface area contributed by atoms with Crippen LogP contribution in [0.4, 0.5) is 5.88 Å². The van der Waals surface area contributed by atoms with Crippen molar-refractivity contribution in [2.24, 2.45) is 5.92 Å². The van der Waals surface area contributed by atoms with E-state index in [0.717, 1.165) is 5.56 Å². The number of carbonyl (C=O) groups is 1. The van der Waals surface area contributed by atoms with E-state index in [2.05, 4.69) is 11.1 Å². The number of anilines is 1. The fourth-order valence-corrected chi connectivity index (χ4v) is 4.20. The number of carbonyl (C=O) groups excluding carboxylic acids is 1. The van der Waals surface area contributed by atoms with Crippen LogP contribution in [-0.2, 0) is 11.3 Å². The van der Waals surface area contributed by atoms with Crippen LogP contribution < -0.4 is 4.90 Å². The Morgan fingerprint density at radius 1 is 1.32 bits per heavy atom. The first kappa shape index (κ1) is 21.3. The fraction of sp³-hybridized carbons (Fsp3) is 0.318. The van der Waals surface area contributed by atoms with E-state index in [-0.39, 0.29) is 23.4 Å². The largest absolute Gasteiger partial charge is 0.459 e. The first-order valence-corrected chi connectivity index (χ1v) is 10.6. The number of nitrogens with zero attached hydrogens (tertiary/aromatic N) is 4. The maximum atomic E-state index is 12.9. The molecule has 1 saturated heterocycles. The number of amides is 1. The average Bonchev–Trinajstić information content (AvgIpc) is 3.45. The van der Waals surface area contributed by atoms with Crippen molar-refractivity contribution in [2.75, 3.05) is 25.0 Å². The molecule has 160 valence electrons. The van der Waals surface area contributed by atoms with E-state index >= 15 is 0 Å². The summed E-state index contributed by atoms with van der Waals surface area (Å²) in [4.78, 5) is 20.8. The van der Waals surface area contributed by atoms with Gasteiger partial charge in [-0.05, 0) is 42.7 Å². The summed E-state index contributed by atoms with van der Waals surface area (Å²) in [5.41, 5.74) is 1.07. The highest BCUT2D eigenvalue weighted by Gasteiger charge is 2.30. The number of hydrogen-bond acceptors (Lipinski definition) is 6. The summed E-state index contributed by atoms with van der Waals surface area (Å²) in [7, 11) is 1.78. The predicted molar refractivity (Wildman–Crippen MR) is 117 cm³/mol. The van der Waals surface area contributed by atoms with Crippen LogP contribution in [-0.4, -0.2) is 35.9 Å². The van der Waals surface area contributed by atoms with Gasteiger partial charge < -0.3 is 18.6 Å². The fourth-order valence-electron chi connectivity index (χ4n) is 3.73. The monoisotopic (exact) mass is 458 g/mol. The molecule has 0 spiro atoms. The van der Waals surface area contributed by atoms with Gasteiger partial charge in [0.15, 0.2) is 5.76 Å². The molecule has 0 bridgehead atoms. The standard InChI is InChI=1S/C22H20Cl2N4O3/c1-27(13-15-4-5-16(23)11-17(15)24)21(29)14-6-8-28(9-7-14)22-18(12-25)26-20(31-22)19-3-2-10-30-19/h2-5,10-11,14H,6-9,13H2,1H3. The van der Waals surface area contributed by atoms with Crippen molar-refractivity contribution < 1.29 is 13.6 Å². The Hall–Kier alpha value is -2.95. The van der Waals surface area contributed by atoms with Gasteiger partial charge in [-0.3, -0.25) is 4.79 Å². The number of piperidine rings is 1. The van der Waals surface area contributed by atoms with Crippen LogP contribution in [0.3, 0.4) is 0 Å². The van der Waals surface area contributed by atoms with Crippen LogP contribution in [0.2, 0.25) is 10.0 Å². The van der Waals surface area contributed by atoms with Crippen LogP contribution in [0.15, 0.2) is 45.4 Å². The lowest BCUT2D eigenvalue weighted by Crippen LogP contribution is -2.41. The van der Waals surface area contributed by atoms with E-state index in [4.69, 9.17) is 32.0 Å². The topological polar surface area (TPSA) is 86.5 Å². The molecule has 31 heavy (non-hydrogen) atoms. The molecule has 1 fully saturated rings. The Morgan fingerprint density at radius 3 is 2.74 bits per heavy atom. The lowest BCUT2D eigenvalue weighted by atomic mass is 9.95. The van der Waals surface area contributed by atoms with Gasteiger partial charge in [-0.2, -0.15) is 10.2 Å². The van der Waals surface area contributed by atoms with Crippen molar-refractivity contribution in [1.29, 1.82) is 5.26 Å². The summed E-state index contributed by atoms with van der Waals surface area (Å²) in [6.45, 7) is 1.60. The molecular weight excluding hydrogens is 439 g/mol. The Balaban J connectivity index is 1.39. The second-order valence-corrected chi connectivity index (χ2v) is 8.30. The maximum Gasteiger partial charge on any atom is 0.266 e. The molecule has 0 aliphatic carbocycles. The highest BCUT2D eigenvalue weighted by Crippen LogP contribution is 2.32. The minimum absolute atomic E-state index is 0.0695. The number of benzene rings is 1. The third-order valence-electron chi connectivity index (χ3n) is 5.38. The zero-order valence-electron chi connectivity index (χ0n) is 16.8. The van der Waals surface area contributed by atoms with Crippen molar-refractivity contribution in [2.45, 2.75) is 19.4 Å². The molecule has 4 rings (SSSR count). The van der Waals surface area contributed by atoms with E-state index in [0.29, 0.717) is 54.2 Å². The molecule has 2 aromatic heterocycles.